The number of carbonyl (C=O) groups is 1. The molecule has 0 saturated carbocycles. The Kier molecular flexibility index (Phi) is 3.57. The molecule has 0 saturated heterocycles. The Morgan fingerprint density at radius 1 is 0.920 bits per heavy atom. The van der Waals surface area contributed by atoms with Crippen LogP contribution in [0.15, 0.2) is 78.9 Å². The lowest BCUT2D eigenvalue weighted by Crippen LogP contribution is -2.38. The minimum Gasteiger partial charge on any atom is -0.508 e. The van der Waals surface area contributed by atoms with Crippen LogP contribution in [0.3, 0.4) is 0 Å². The van der Waals surface area contributed by atoms with Gasteiger partial charge in [0.05, 0.1) is 5.69 Å². The van der Waals surface area contributed by atoms with Gasteiger partial charge in [0.1, 0.15) is 11.2 Å². The van der Waals surface area contributed by atoms with Crippen molar-refractivity contribution < 1.29 is 9.90 Å². The number of amides is 1. The number of para-hydroxylation sites is 1. The smallest absolute Gasteiger partial charge is 0.246 e. The van der Waals surface area contributed by atoms with Gasteiger partial charge in [-0.15, -0.1) is 0 Å². The molecule has 1 N–H and O–H groups in total. The average molecular weight is 329 g/mol. The molecule has 1 aliphatic rings. The van der Waals surface area contributed by atoms with E-state index in [-0.39, 0.29) is 11.7 Å². The molecule has 3 heteroatoms. The summed E-state index contributed by atoms with van der Waals surface area (Å²) in [5.41, 5.74) is 2.69. The Morgan fingerprint density at radius 3 is 2.20 bits per heavy atom. The molecular formula is C22H19NO2. The molecule has 1 unspecified atom stereocenters. The van der Waals surface area contributed by atoms with Crippen LogP contribution in [-0.2, 0) is 10.2 Å². The van der Waals surface area contributed by atoms with E-state index in [4.69, 9.17) is 0 Å². The number of rotatable bonds is 3. The lowest BCUT2D eigenvalue weighted by Gasteiger charge is -2.28. The summed E-state index contributed by atoms with van der Waals surface area (Å²) < 4.78 is 0. The topological polar surface area (TPSA) is 40.5 Å². The van der Waals surface area contributed by atoms with Gasteiger partial charge in [0, 0.05) is 5.69 Å². The van der Waals surface area contributed by atoms with Crippen LogP contribution in [-0.4, -0.2) is 11.0 Å². The zero-order chi connectivity index (χ0) is 17.4. The second-order valence-corrected chi connectivity index (χ2v) is 6.30. The summed E-state index contributed by atoms with van der Waals surface area (Å²) in [6, 6.07) is 24.7. The minimum atomic E-state index is -0.787. The Labute approximate surface area is 147 Å². The number of aromatic hydroxyl groups is 1. The molecule has 3 aromatic rings. The highest BCUT2D eigenvalue weighted by atomic mass is 16.3. The number of benzene rings is 3. The molecule has 25 heavy (non-hydrogen) atoms. The van der Waals surface area contributed by atoms with E-state index in [0.717, 1.165) is 22.5 Å². The van der Waals surface area contributed by atoms with Gasteiger partial charge < -0.3 is 5.11 Å². The fraction of sp³-hybridized carbons (Fsp3) is 0.136. The van der Waals surface area contributed by atoms with Gasteiger partial charge in [0.2, 0.25) is 5.91 Å². The molecule has 1 aliphatic heterocycles. The number of nitrogens with zero attached hydrogens (tertiary/aromatic N) is 1. The molecule has 0 bridgehead atoms. The van der Waals surface area contributed by atoms with Gasteiger partial charge in [0.15, 0.2) is 0 Å². The first kappa shape index (κ1) is 15.5. The number of phenols is 1. The van der Waals surface area contributed by atoms with Crippen LogP contribution in [0.4, 0.5) is 11.4 Å². The van der Waals surface area contributed by atoms with Crippen LogP contribution in [0.2, 0.25) is 0 Å². The van der Waals surface area contributed by atoms with Crippen molar-refractivity contribution in [1.82, 2.24) is 0 Å². The van der Waals surface area contributed by atoms with E-state index in [1.165, 1.54) is 0 Å². The Balaban J connectivity index is 2.01. The molecular weight excluding hydrogens is 310 g/mol. The first-order valence-electron chi connectivity index (χ1n) is 8.47. The van der Waals surface area contributed by atoms with Crippen molar-refractivity contribution in [2.24, 2.45) is 0 Å². The second kappa shape index (κ2) is 5.78. The van der Waals surface area contributed by atoms with Crippen molar-refractivity contribution in [3.63, 3.8) is 0 Å². The largest absolute Gasteiger partial charge is 0.508 e. The predicted octanol–water partition coefficient (Wildman–Crippen LogP) is 4.77. The Hall–Kier alpha value is -3.07. The molecule has 0 aromatic heterocycles. The van der Waals surface area contributed by atoms with Gasteiger partial charge in [-0.05, 0) is 47.9 Å². The summed E-state index contributed by atoms with van der Waals surface area (Å²) in [5.74, 6) is 0.197. The van der Waals surface area contributed by atoms with Crippen LogP contribution in [0.5, 0.6) is 5.75 Å². The van der Waals surface area contributed by atoms with Gasteiger partial charge >= 0.3 is 0 Å². The van der Waals surface area contributed by atoms with Crippen molar-refractivity contribution in [3.8, 4) is 5.75 Å². The van der Waals surface area contributed by atoms with E-state index in [0.29, 0.717) is 6.42 Å². The first-order valence-corrected chi connectivity index (χ1v) is 8.47. The zero-order valence-corrected chi connectivity index (χ0v) is 14.0. The van der Waals surface area contributed by atoms with Crippen LogP contribution < -0.4 is 4.90 Å². The maximum atomic E-state index is 13.7. The summed E-state index contributed by atoms with van der Waals surface area (Å²) in [6.07, 6.45) is 0.621. The molecule has 4 rings (SSSR count). The average Bonchev–Trinajstić information content (AvgIpc) is 2.91. The van der Waals surface area contributed by atoms with Gasteiger partial charge in [-0.25, -0.2) is 0 Å². The van der Waals surface area contributed by atoms with E-state index in [2.05, 4.69) is 0 Å². The maximum Gasteiger partial charge on any atom is 0.246 e. The molecule has 1 amide bonds. The van der Waals surface area contributed by atoms with Crippen LogP contribution in [0.25, 0.3) is 0 Å². The third kappa shape index (κ3) is 2.16. The molecule has 0 aliphatic carbocycles. The van der Waals surface area contributed by atoms with E-state index in [1.807, 2.05) is 73.7 Å². The molecule has 1 heterocycles. The van der Waals surface area contributed by atoms with Crippen LogP contribution in [0.1, 0.15) is 24.5 Å². The second-order valence-electron chi connectivity index (χ2n) is 6.30. The number of anilines is 2. The predicted molar refractivity (Wildman–Crippen MR) is 99.2 cm³/mol. The zero-order valence-electron chi connectivity index (χ0n) is 14.0. The molecule has 1 atom stereocenters. The third-order valence-corrected chi connectivity index (χ3v) is 5.06. The highest BCUT2D eigenvalue weighted by molar-refractivity contribution is 6.15. The summed E-state index contributed by atoms with van der Waals surface area (Å²) >= 11 is 0. The van der Waals surface area contributed by atoms with E-state index in [1.54, 1.807) is 17.0 Å². The monoisotopic (exact) mass is 329 g/mol. The van der Waals surface area contributed by atoms with Crippen molar-refractivity contribution in [1.29, 1.82) is 0 Å². The summed E-state index contributed by atoms with van der Waals surface area (Å²) in [6.45, 7) is 2.02. The van der Waals surface area contributed by atoms with E-state index < -0.39 is 5.41 Å². The number of fused-ring (bicyclic) bond motifs is 1. The summed E-state index contributed by atoms with van der Waals surface area (Å²) in [5, 5.41) is 10.1. The summed E-state index contributed by atoms with van der Waals surface area (Å²) in [4.78, 5) is 15.4. The van der Waals surface area contributed by atoms with Gasteiger partial charge in [-0.2, -0.15) is 0 Å². The Bertz CT molecular complexity index is 921. The normalized spacial score (nSPS) is 19.1. The lowest BCUT2D eigenvalue weighted by atomic mass is 9.73. The fourth-order valence-electron chi connectivity index (χ4n) is 3.86. The van der Waals surface area contributed by atoms with Crippen LogP contribution in [0, 0.1) is 0 Å². The highest BCUT2D eigenvalue weighted by Gasteiger charge is 2.51. The van der Waals surface area contributed by atoms with Crippen LogP contribution >= 0.6 is 0 Å². The van der Waals surface area contributed by atoms with Crippen molar-refractivity contribution in [2.45, 2.75) is 18.8 Å². The van der Waals surface area contributed by atoms with Crippen molar-refractivity contribution in [3.05, 3.63) is 90.0 Å². The van der Waals surface area contributed by atoms with Crippen molar-refractivity contribution in [2.75, 3.05) is 4.90 Å². The molecule has 0 spiro atoms. The number of phenolic OH excluding ortho intramolecular Hbond substituents is 1. The fourth-order valence-corrected chi connectivity index (χ4v) is 3.86. The number of hydrogen-bond donors (Lipinski definition) is 1. The third-order valence-electron chi connectivity index (χ3n) is 5.06. The SMILES string of the molecule is CCC1(c2ccccc2)C(=O)N(c2ccccc2)c2ccc(O)cc21. The molecule has 0 fully saturated rings. The Morgan fingerprint density at radius 2 is 1.56 bits per heavy atom. The van der Waals surface area contributed by atoms with E-state index >= 15 is 0 Å². The molecule has 0 radical (unpaired) electrons. The first-order chi connectivity index (χ1) is 12.2. The quantitative estimate of drug-likeness (QED) is 0.752. The minimum absolute atomic E-state index is 0.0213. The standard InChI is InChI=1S/C22H19NO2/c1-2-22(16-9-5-3-6-10-16)19-15-18(24)13-14-20(19)23(21(22)25)17-11-7-4-8-12-17/h3-15,24H,2H2,1H3. The lowest BCUT2D eigenvalue weighted by molar-refractivity contribution is -0.121. The van der Waals surface area contributed by atoms with Gasteiger partial charge in [-0.1, -0.05) is 55.5 Å². The number of hydrogen-bond acceptors (Lipinski definition) is 2. The van der Waals surface area contributed by atoms with Crippen molar-refractivity contribution >= 4 is 17.3 Å². The summed E-state index contributed by atoms with van der Waals surface area (Å²) in [7, 11) is 0. The molecule has 124 valence electrons. The molecule has 3 aromatic carbocycles. The maximum absolute atomic E-state index is 13.7. The van der Waals surface area contributed by atoms with E-state index in [9.17, 15) is 9.90 Å². The van der Waals surface area contributed by atoms with Gasteiger partial charge in [-0.3, -0.25) is 9.69 Å². The molecule has 3 nitrogen and oxygen atoms in total. The number of carbonyl (C=O) groups excluding carboxylic acids is 1. The van der Waals surface area contributed by atoms with Gasteiger partial charge in [0.25, 0.3) is 0 Å². The highest BCUT2D eigenvalue weighted by Crippen LogP contribution is 2.51.